The molecule has 106 heavy (non-hydrogen) atoms. The van der Waals surface area contributed by atoms with Crippen molar-refractivity contribution in [1.29, 1.82) is 0 Å². The van der Waals surface area contributed by atoms with E-state index in [0.717, 1.165) is 28.5 Å². The van der Waals surface area contributed by atoms with Crippen molar-refractivity contribution in [1.82, 2.24) is 73.6 Å². The molecule has 4 heterocycles. The maximum Gasteiger partial charge on any atom is 0.305 e. The highest BCUT2D eigenvalue weighted by Crippen LogP contribution is 2.27. The molecule has 0 saturated carbocycles. The lowest BCUT2D eigenvalue weighted by Gasteiger charge is -2.32. The Morgan fingerprint density at radius 3 is 1.49 bits per heavy atom. The first-order chi connectivity index (χ1) is 50.6. The van der Waals surface area contributed by atoms with Gasteiger partial charge in [-0.2, -0.15) is 0 Å². The molecule has 4 fully saturated rings. The number of carboxylic acids is 1. The van der Waals surface area contributed by atoms with Crippen molar-refractivity contribution in [2.24, 2.45) is 22.4 Å². The number of aliphatic hydroxyl groups excluding tert-OH is 1. The highest BCUT2D eigenvalue weighted by atomic mass is 33.1. The third-order valence-corrected chi connectivity index (χ3v) is 20.5. The van der Waals surface area contributed by atoms with E-state index < -0.39 is 205 Å². The van der Waals surface area contributed by atoms with Gasteiger partial charge in [0, 0.05) is 50.4 Å². The van der Waals surface area contributed by atoms with Crippen LogP contribution in [0.15, 0.2) is 89.9 Å². The normalized spacial score (nSPS) is 25.9. The average Bonchev–Trinajstić information content (AvgIpc) is 1.61. The minimum atomic E-state index is -1.96. The lowest BCUT2D eigenvalue weighted by atomic mass is 9.97. The molecule has 37 heteroatoms. The van der Waals surface area contributed by atoms with Crippen molar-refractivity contribution in [3.63, 3.8) is 0 Å². The Balaban J connectivity index is 1.33. The number of guanidine groups is 1. The van der Waals surface area contributed by atoms with Crippen molar-refractivity contribution < 1.29 is 87.2 Å². The number of carbonyl (C=O) groups is 15. The molecule has 4 aliphatic heterocycles. The zero-order valence-corrected chi connectivity index (χ0v) is 60.4. The molecule has 14 amide bonds. The molecule has 0 spiro atoms. The first kappa shape index (κ1) is 82.7. The summed E-state index contributed by atoms with van der Waals surface area (Å²) < 4.78 is 0. The number of hydrogen-bond donors (Lipinski definition) is 17. The standard InChI is InChI=1S/C69H93N17O18S2/c1-4-37(2)56-65(101)82-48-35-105-106-36-49(81-60(96)43(18-11-25-72-69(70)71)76-54(91)34-75-59(95)45(31-55(92)93)78-63(99)50-19-12-26-85(50)68(104)47(80-61(48)97)30-40-16-9-6-10-17-40)62(98)84-57(38(3)87)66(102)79-44(28-41-21-23-42(88)24-22-41)58(94)74-32-52(89)73-33-53(90)77-46(29-39-14-7-5-8-15-39)67(103)86-27-13-20-51(86)64(100)83-56/h5-10,14-17,21-24,37-38,43-51,56-57,87-88H,4,11-13,18-20,25-36H2,1-3H3,(H,73,89)(H,74,94)(H,75,95)(H,76,91)(H,77,90)(H,78,99)(H,79,102)(H,80,97)(H,81,96)(H,82,101)(H,83,100)(H,84,98)(H,92,93)(H4,70,71,72)/t37-,38+,43-,44-,45-,46-,47+,48+,49-,50+,51-,56-,57-/m0/s1. The quantitative estimate of drug-likeness (QED) is 0.0295. The van der Waals surface area contributed by atoms with Gasteiger partial charge in [0.25, 0.3) is 0 Å². The summed E-state index contributed by atoms with van der Waals surface area (Å²) >= 11 is 0. The molecule has 0 unspecified atom stereocenters. The Morgan fingerprint density at radius 1 is 0.509 bits per heavy atom. The number of aliphatic carboxylic acids is 1. The van der Waals surface area contributed by atoms with Crippen LogP contribution in [0.3, 0.4) is 0 Å². The molecule has 3 aromatic carbocycles. The van der Waals surface area contributed by atoms with Crippen LogP contribution in [0.1, 0.15) is 88.8 Å². The van der Waals surface area contributed by atoms with Crippen LogP contribution in [0.4, 0.5) is 0 Å². The van der Waals surface area contributed by atoms with Crippen LogP contribution >= 0.6 is 21.6 Å². The predicted octanol–water partition coefficient (Wildman–Crippen LogP) is -4.52. The van der Waals surface area contributed by atoms with Crippen LogP contribution in [-0.4, -0.2) is 243 Å². The van der Waals surface area contributed by atoms with E-state index in [1.807, 2.05) is 0 Å². The number of carboxylic acid groups (broad SMARTS) is 1. The third kappa shape index (κ3) is 25.1. The second kappa shape index (κ2) is 40.6. The molecule has 0 aliphatic carbocycles. The Morgan fingerprint density at radius 2 is 0.953 bits per heavy atom. The summed E-state index contributed by atoms with van der Waals surface area (Å²) in [5.41, 5.74) is 12.6. The van der Waals surface area contributed by atoms with E-state index >= 15 is 14.4 Å². The maximum absolute atomic E-state index is 15.3. The van der Waals surface area contributed by atoms with Crippen LogP contribution in [0.25, 0.3) is 0 Å². The van der Waals surface area contributed by atoms with E-state index in [0.29, 0.717) is 23.1 Å². The number of nitrogens with one attached hydrogen (secondary N) is 12. The van der Waals surface area contributed by atoms with E-state index in [2.05, 4.69) is 68.8 Å². The van der Waals surface area contributed by atoms with Crippen molar-refractivity contribution >= 4 is 116 Å². The van der Waals surface area contributed by atoms with Gasteiger partial charge >= 0.3 is 5.97 Å². The van der Waals surface area contributed by atoms with Crippen LogP contribution in [0.2, 0.25) is 0 Å². The number of aliphatic imine (C=N–C) groups is 1. The maximum atomic E-state index is 15.3. The number of aliphatic hydroxyl groups is 1. The molecule has 4 aliphatic rings. The molecule has 13 atom stereocenters. The molecular formula is C69H93N17O18S2. The van der Waals surface area contributed by atoms with Crippen molar-refractivity contribution in [2.45, 2.75) is 164 Å². The van der Waals surface area contributed by atoms with E-state index in [-0.39, 0.29) is 89.1 Å². The van der Waals surface area contributed by atoms with E-state index in [9.17, 15) is 72.9 Å². The molecule has 574 valence electrons. The molecular weight excluding hydrogens is 1420 g/mol. The van der Waals surface area contributed by atoms with Gasteiger partial charge in [0.2, 0.25) is 82.7 Å². The second-order valence-corrected chi connectivity index (χ2v) is 28.7. The van der Waals surface area contributed by atoms with Gasteiger partial charge in [-0.15, -0.1) is 0 Å². The lowest BCUT2D eigenvalue weighted by Crippen LogP contribution is -2.61. The average molecular weight is 1510 g/mol. The van der Waals surface area contributed by atoms with Crippen LogP contribution in [0, 0.1) is 5.92 Å². The summed E-state index contributed by atoms with van der Waals surface area (Å²) in [5.74, 6) is -17.1. The highest BCUT2D eigenvalue weighted by molar-refractivity contribution is 8.76. The first-order valence-corrected chi connectivity index (χ1v) is 37.3. The number of phenols is 1. The minimum absolute atomic E-state index is 0.0141. The zero-order valence-electron chi connectivity index (χ0n) is 58.8. The van der Waals surface area contributed by atoms with E-state index in [1.54, 1.807) is 74.5 Å². The summed E-state index contributed by atoms with van der Waals surface area (Å²) in [6.07, 6.45) is -2.76. The number of nitrogens with two attached hydrogens (primary N) is 2. The summed E-state index contributed by atoms with van der Waals surface area (Å²) in [6, 6.07) is 5.18. The van der Waals surface area contributed by atoms with Gasteiger partial charge in [-0.05, 0) is 80.2 Å². The van der Waals surface area contributed by atoms with Crippen molar-refractivity contribution in [3.8, 4) is 5.75 Å². The monoisotopic (exact) mass is 1510 g/mol. The summed E-state index contributed by atoms with van der Waals surface area (Å²) in [7, 11) is 1.68. The molecule has 35 nitrogen and oxygen atoms in total. The van der Waals surface area contributed by atoms with Gasteiger partial charge in [-0.1, -0.05) is 115 Å². The number of phenolic OH excluding ortho intramolecular Hbond substituents is 1. The fourth-order valence-electron chi connectivity index (χ4n) is 12.2. The van der Waals surface area contributed by atoms with Crippen molar-refractivity contribution in [2.75, 3.05) is 50.8 Å². The SMILES string of the molecule is CC[C@H](C)[C@@H]1NC(=O)[C@@H]2CCCN2C(=O)[C@H](Cc2ccccc2)NC(=O)CNC(=O)CNC(=O)[C@H](Cc2ccc(O)cc2)NC(=O)[C@H]([C@@H](C)O)NC(=O)[C@@H]2CSSC[C@@H](NC1=O)C(=O)N[C@H](Cc1ccccc1)C(=O)N1CCC[C@@H]1C(=O)N[C@@H](CC(=O)O)C(=O)NCC(=O)N[C@@H](CCCN=C(N)N)C(=O)N2. The Bertz CT molecular complexity index is 3690. The van der Waals surface area contributed by atoms with Crippen LogP contribution < -0.4 is 75.3 Å². The predicted molar refractivity (Wildman–Crippen MR) is 386 cm³/mol. The van der Waals surface area contributed by atoms with Gasteiger partial charge in [0.05, 0.1) is 32.2 Å². The number of rotatable bonds is 15. The molecule has 19 N–H and O–H groups in total. The van der Waals surface area contributed by atoms with Gasteiger partial charge < -0.3 is 100 Å². The molecule has 0 radical (unpaired) electrons. The summed E-state index contributed by atoms with van der Waals surface area (Å²) in [5, 5.41) is 61.7. The number of fused-ring (bicyclic) bond motifs is 7. The molecule has 2 bridgehead atoms. The topological polar surface area (TPSA) is 532 Å². The Hall–Kier alpha value is -10.6. The van der Waals surface area contributed by atoms with E-state index in [4.69, 9.17) is 11.5 Å². The first-order valence-electron chi connectivity index (χ1n) is 34.8. The fourth-order valence-corrected chi connectivity index (χ4v) is 14.5. The summed E-state index contributed by atoms with van der Waals surface area (Å²) in [4.78, 5) is 222. The number of hydrogen-bond acceptors (Lipinski definition) is 20. The van der Waals surface area contributed by atoms with Crippen LogP contribution in [0.5, 0.6) is 5.75 Å². The summed E-state index contributed by atoms with van der Waals surface area (Å²) in [6.45, 7) is 1.96. The molecule has 4 saturated heterocycles. The number of nitrogens with zero attached hydrogens (tertiary/aromatic N) is 3. The van der Waals surface area contributed by atoms with E-state index in [1.165, 1.54) is 34.1 Å². The number of aromatic hydroxyl groups is 1. The number of carbonyl (C=O) groups excluding carboxylic acids is 14. The number of amides is 14. The van der Waals surface area contributed by atoms with Gasteiger partial charge in [-0.25, -0.2) is 0 Å². The lowest BCUT2D eigenvalue weighted by molar-refractivity contribution is -0.144. The second-order valence-electron chi connectivity index (χ2n) is 26.1. The Kier molecular flexibility index (Phi) is 31.7. The smallest absolute Gasteiger partial charge is 0.305 e. The number of benzene rings is 3. The molecule has 7 rings (SSSR count). The highest BCUT2D eigenvalue weighted by Gasteiger charge is 2.44. The largest absolute Gasteiger partial charge is 0.508 e. The van der Waals surface area contributed by atoms with Crippen LogP contribution in [-0.2, 0) is 91.2 Å². The fraction of sp³-hybridized carbons (Fsp3) is 0.507. The van der Waals surface area contributed by atoms with Gasteiger partial charge in [-0.3, -0.25) is 76.9 Å². The molecule has 3 aromatic rings. The third-order valence-electron chi connectivity index (χ3n) is 18.1. The zero-order chi connectivity index (χ0) is 77.1. The van der Waals surface area contributed by atoms with Gasteiger partial charge in [0.1, 0.15) is 72.2 Å². The van der Waals surface area contributed by atoms with Crippen molar-refractivity contribution in [3.05, 3.63) is 102 Å². The minimum Gasteiger partial charge on any atom is -0.508 e. The van der Waals surface area contributed by atoms with Gasteiger partial charge in [0.15, 0.2) is 5.96 Å². The molecule has 0 aromatic heterocycles. The Labute approximate surface area is 618 Å².